The van der Waals surface area contributed by atoms with Gasteiger partial charge >= 0.3 is 0 Å². The van der Waals surface area contributed by atoms with Gasteiger partial charge in [0, 0.05) is 15.8 Å². The van der Waals surface area contributed by atoms with Crippen LogP contribution in [0.25, 0.3) is 31.9 Å². The van der Waals surface area contributed by atoms with Gasteiger partial charge in [0.1, 0.15) is 4.83 Å². The molecule has 106 valence electrons. The molecule has 22 heavy (non-hydrogen) atoms. The van der Waals surface area contributed by atoms with Crippen LogP contribution in [0.3, 0.4) is 0 Å². The minimum atomic E-state index is 1.04. The third-order valence-corrected chi connectivity index (χ3v) is 5.16. The van der Waals surface area contributed by atoms with Crippen LogP contribution in [-0.4, -0.2) is 4.98 Å². The molecule has 0 atom stereocenters. The molecule has 0 radical (unpaired) electrons. The van der Waals surface area contributed by atoms with Crippen LogP contribution < -0.4 is 0 Å². The molecule has 0 aliphatic rings. The first kappa shape index (κ1) is 13.2. The number of aromatic nitrogens is 1. The van der Waals surface area contributed by atoms with E-state index in [-0.39, 0.29) is 0 Å². The Morgan fingerprint density at radius 2 is 1.36 bits per heavy atom. The second kappa shape index (κ2) is 5.39. The SMILES string of the molecule is Cc1c(-c2ccccc2)sc2nc(-c3ccccc3)ccc12. The van der Waals surface area contributed by atoms with Gasteiger partial charge < -0.3 is 0 Å². The topological polar surface area (TPSA) is 12.9 Å². The molecule has 0 unspecified atom stereocenters. The lowest BCUT2D eigenvalue weighted by molar-refractivity contribution is 1.42. The normalized spacial score (nSPS) is 11.0. The van der Waals surface area contributed by atoms with E-state index < -0.39 is 0 Å². The van der Waals surface area contributed by atoms with Gasteiger partial charge in [-0.1, -0.05) is 60.7 Å². The van der Waals surface area contributed by atoms with Crippen molar-refractivity contribution < 1.29 is 0 Å². The molecule has 0 bridgehead atoms. The first-order valence-electron chi connectivity index (χ1n) is 7.34. The maximum Gasteiger partial charge on any atom is 0.124 e. The summed E-state index contributed by atoms with van der Waals surface area (Å²) >= 11 is 1.77. The standard InChI is InChI=1S/C20H15NS/c1-14-17-12-13-18(15-8-4-2-5-9-15)21-20(17)22-19(14)16-10-6-3-7-11-16/h2-13H,1H3. The summed E-state index contributed by atoms with van der Waals surface area (Å²) in [7, 11) is 0. The monoisotopic (exact) mass is 301 g/mol. The molecule has 2 aromatic carbocycles. The Hall–Kier alpha value is -2.45. The van der Waals surface area contributed by atoms with E-state index >= 15 is 0 Å². The Kier molecular flexibility index (Phi) is 3.24. The molecule has 4 aromatic rings. The molecule has 0 amide bonds. The second-order valence-corrected chi connectivity index (χ2v) is 6.34. The summed E-state index contributed by atoms with van der Waals surface area (Å²) in [6.07, 6.45) is 0. The van der Waals surface area contributed by atoms with Crippen LogP contribution in [0, 0.1) is 6.92 Å². The highest BCUT2D eigenvalue weighted by Gasteiger charge is 2.12. The zero-order chi connectivity index (χ0) is 14.9. The van der Waals surface area contributed by atoms with Crippen LogP contribution >= 0.6 is 11.3 Å². The van der Waals surface area contributed by atoms with Gasteiger partial charge in [0.05, 0.1) is 5.69 Å². The number of fused-ring (bicyclic) bond motifs is 1. The predicted octanol–water partition coefficient (Wildman–Crippen LogP) is 5.94. The van der Waals surface area contributed by atoms with Crippen LogP contribution in [0.4, 0.5) is 0 Å². The largest absolute Gasteiger partial charge is 0.237 e. The van der Waals surface area contributed by atoms with Crippen molar-refractivity contribution in [2.75, 3.05) is 0 Å². The Morgan fingerprint density at radius 1 is 0.727 bits per heavy atom. The van der Waals surface area contributed by atoms with E-state index in [4.69, 9.17) is 4.98 Å². The number of pyridine rings is 1. The fraction of sp³-hybridized carbons (Fsp3) is 0.0500. The van der Waals surface area contributed by atoms with E-state index in [1.165, 1.54) is 21.4 Å². The zero-order valence-corrected chi connectivity index (χ0v) is 13.1. The molecule has 0 fully saturated rings. The van der Waals surface area contributed by atoms with Gasteiger partial charge in [-0.25, -0.2) is 4.98 Å². The van der Waals surface area contributed by atoms with Gasteiger partial charge in [-0.2, -0.15) is 0 Å². The van der Waals surface area contributed by atoms with Gasteiger partial charge in [-0.05, 0) is 30.2 Å². The molecular weight excluding hydrogens is 286 g/mol. The maximum absolute atomic E-state index is 4.87. The van der Waals surface area contributed by atoms with Gasteiger partial charge in [0.2, 0.25) is 0 Å². The second-order valence-electron chi connectivity index (χ2n) is 5.34. The Bertz CT molecular complexity index is 924. The van der Waals surface area contributed by atoms with Crippen molar-refractivity contribution >= 4 is 21.6 Å². The number of rotatable bonds is 2. The summed E-state index contributed by atoms with van der Waals surface area (Å²) < 4.78 is 0. The molecule has 4 rings (SSSR count). The summed E-state index contributed by atoms with van der Waals surface area (Å²) in [6.45, 7) is 2.19. The molecular formula is C20H15NS. The lowest BCUT2D eigenvalue weighted by Gasteiger charge is -2.00. The Labute approximate surface area is 133 Å². The van der Waals surface area contributed by atoms with Crippen molar-refractivity contribution in [3.05, 3.63) is 78.4 Å². The van der Waals surface area contributed by atoms with Gasteiger partial charge in [0.25, 0.3) is 0 Å². The highest BCUT2D eigenvalue weighted by atomic mass is 32.1. The molecule has 2 heteroatoms. The molecule has 0 saturated carbocycles. The third-order valence-electron chi connectivity index (χ3n) is 3.91. The number of hydrogen-bond donors (Lipinski definition) is 0. The predicted molar refractivity (Wildman–Crippen MR) is 95.2 cm³/mol. The Morgan fingerprint density at radius 3 is 2.05 bits per heavy atom. The van der Waals surface area contributed by atoms with Crippen molar-refractivity contribution in [1.82, 2.24) is 4.98 Å². The molecule has 0 saturated heterocycles. The molecule has 0 N–H and O–H groups in total. The highest BCUT2D eigenvalue weighted by molar-refractivity contribution is 7.22. The van der Waals surface area contributed by atoms with E-state index in [1.54, 1.807) is 11.3 Å². The van der Waals surface area contributed by atoms with E-state index in [0.717, 1.165) is 16.1 Å². The van der Waals surface area contributed by atoms with E-state index in [1.807, 2.05) is 6.07 Å². The summed E-state index contributed by atoms with van der Waals surface area (Å²) in [4.78, 5) is 7.29. The van der Waals surface area contributed by atoms with Crippen LogP contribution in [0.5, 0.6) is 0 Å². The van der Waals surface area contributed by atoms with Crippen molar-refractivity contribution in [1.29, 1.82) is 0 Å². The number of thiophene rings is 1. The minimum absolute atomic E-state index is 1.04. The first-order chi connectivity index (χ1) is 10.8. The molecule has 0 spiro atoms. The van der Waals surface area contributed by atoms with Crippen LogP contribution in [-0.2, 0) is 0 Å². The number of nitrogens with zero attached hydrogens (tertiary/aromatic N) is 1. The number of aryl methyl sites for hydroxylation is 1. The van der Waals surface area contributed by atoms with Gasteiger partial charge in [0.15, 0.2) is 0 Å². The van der Waals surface area contributed by atoms with Crippen molar-refractivity contribution in [3.8, 4) is 21.7 Å². The maximum atomic E-state index is 4.87. The summed E-state index contributed by atoms with van der Waals surface area (Å²) in [5.41, 5.74) is 4.79. The minimum Gasteiger partial charge on any atom is -0.237 e. The van der Waals surface area contributed by atoms with Crippen molar-refractivity contribution in [3.63, 3.8) is 0 Å². The molecule has 0 aliphatic heterocycles. The molecule has 2 heterocycles. The number of benzene rings is 2. The summed E-state index contributed by atoms with van der Waals surface area (Å²) in [5.74, 6) is 0. The third kappa shape index (κ3) is 2.22. The quantitative estimate of drug-likeness (QED) is 0.446. The molecule has 0 aliphatic carbocycles. The highest BCUT2D eigenvalue weighted by Crippen LogP contribution is 2.37. The van der Waals surface area contributed by atoms with Crippen molar-refractivity contribution in [2.45, 2.75) is 6.92 Å². The first-order valence-corrected chi connectivity index (χ1v) is 8.15. The smallest absolute Gasteiger partial charge is 0.124 e. The average molecular weight is 301 g/mol. The van der Waals surface area contributed by atoms with E-state index in [9.17, 15) is 0 Å². The molecule has 2 aromatic heterocycles. The molecule has 1 nitrogen and oxygen atoms in total. The lowest BCUT2D eigenvalue weighted by atomic mass is 10.1. The van der Waals surface area contributed by atoms with E-state index in [2.05, 4.69) is 73.7 Å². The van der Waals surface area contributed by atoms with Crippen LogP contribution in [0.15, 0.2) is 72.8 Å². The zero-order valence-electron chi connectivity index (χ0n) is 12.3. The number of hydrogen-bond acceptors (Lipinski definition) is 2. The fourth-order valence-electron chi connectivity index (χ4n) is 2.73. The Balaban J connectivity index is 1.88. The van der Waals surface area contributed by atoms with E-state index in [0.29, 0.717) is 0 Å². The van der Waals surface area contributed by atoms with Gasteiger partial charge in [-0.15, -0.1) is 11.3 Å². The van der Waals surface area contributed by atoms with Gasteiger partial charge in [-0.3, -0.25) is 0 Å². The van der Waals surface area contributed by atoms with Crippen LogP contribution in [0.1, 0.15) is 5.56 Å². The summed E-state index contributed by atoms with van der Waals surface area (Å²) in [6, 6.07) is 25.2. The fourth-order valence-corrected chi connectivity index (χ4v) is 3.92. The van der Waals surface area contributed by atoms with Crippen LogP contribution in [0.2, 0.25) is 0 Å². The lowest BCUT2D eigenvalue weighted by Crippen LogP contribution is -1.82. The average Bonchev–Trinajstić information content (AvgIpc) is 2.93. The van der Waals surface area contributed by atoms with Crippen molar-refractivity contribution in [2.24, 2.45) is 0 Å². The summed E-state index contributed by atoms with van der Waals surface area (Å²) in [5, 5.41) is 1.25.